The Kier molecular flexibility index (Phi) is 4.55. The zero-order valence-electron chi connectivity index (χ0n) is 14.2. The van der Waals surface area contributed by atoms with Gasteiger partial charge in [-0.25, -0.2) is 0 Å². The molecule has 1 fully saturated rings. The normalized spacial score (nSPS) is 20.1. The molecular weight excluding hydrogens is 306 g/mol. The van der Waals surface area contributed by atoms with Gasteiger partial charge in [-0.05, 0) is 25.0 Å². The molecule has 1 unspecified atom stereocenters. The summed E-state index contributed by atoms with van der Waals surface area (Å²) in [5.41, 5.74) is 2.07. The van der Waals surface area contributed by atoms with Gasteiger partial charge in [0.2, 0.25) is 17.7 Å². The van der Waals surface area contributed by atoms with E-state index in [-0.39, 0.29) is 30.2 Å². The van der Waals surface area contributed by atoms with Crippen LogP contribution in [0.1, 0.15) is 25.8 Å². The fourth-order valence-electron chi connectivity index (χ4n) is 3.54. The molecule has 0 aromatic heterocycles. The first-order chi connectivity index (χ1) is 11.5. The molecule has 2 aliphatic rings. The van der Waals surface area contributed by atoms with Gasteiger partial charge in [0, 0.05) is 44.8 Å². The number of piperazine rings is 1. The number of fused-ring (bicyclic) bond motifs is 1. The predicted octanol–water partition coefficient (Wildman–Crippen LogP) is 1.04. The number of hydrogen-bond donors (Lipinski definition) is 0. The number of anilines is 1. The molecule has 0 N–H and O–H groups in total. The minimum atomic E-state index is -0.153. The molecule has 6 heteroatoms. The quantitative estimate of drug-likeness (QED) is 0.762. The molecule has 1 aromatic carbocycles. The summed E-state index contributed by atoms with van der Waals surface area (Å²) in [4.78, 5) is 41.6. The number of hydrogen-bond acceptors (Lipinski definition) is 3. The monoisotopic (exact) mass is 329 g/mol. The second-order valence-corrected chi connectivity index (χ2v) is 6.51. The van der Waals surface area contributed by atoms with Crippen LogP contribution in [0, 0.1) is 0 Å². The molecule has 2 aliphatic heterocycles. The van der Waals surface area contributed by atoms with Crippen LogP contribution >= 0.6 is 0 Å². The van der Waals surface area contributed by atoms with E-state index in [1.807, 2.05) is 31.2 Å². The highest BCUT2D eigenvalue weighted by molar-refractivity contribution is 6.06. The van der Waals surface area contributed by atoms with Crippen LogP contribution in [0.2, 0.25) is 0 Å². The maximum absolute atomic E-state index is 12.7. The fourth-order valence-corrected chi connectivity index (χ4v) is 3.54. The first-order valence-electron chi connectivity index (χ1n) is 8.40. The lowest BCUT2D eigenvalue weighted by atomic mass is 10.1. The van der Waals surface area contributed by atoms with Gasteiger partial charge in [-0.3, -0.25) is 14.4 Å². The number of nitrogens with zero attached hydrogens (tertiary/aromatic N) is 3. The minimum absolute atomic E-state index is 0.0284. The summed E-state index contributed by atoms with van der Waals surface area (Å²) < 4.78 is 0. The molecule has 0 saturated carbocycles. The van der Waals surface area contributed by atoms with Crippen molar-refractivity contribution in [3.63, 3.8) is 0 Å². The predicted molar refractivity (Wildman–Crippen MR) is 90.5 cm³/mol. The molecule has 1 saturated heterocycles. The topological polar surface area (TPSA) is 60.9 Å². The largest absolute Gasteiger partial charge is 0.339 e. The Labute approximate surface area is 142 Å². The molecular formula is C18H23N3O3. The highest BCUT2D eigenvalue weighted by atomic mass is 16.2. The summed E-state index contributed by atoms with van der Waals surface area (Å²) in [5, 5.41) is 0. The van der Waals surface area contributed by atoms with E-state index in [0.717, 1.165) is 17.7 Å². The second kappa shape index (κ2) is 6.63. The fraction of sp³-hybridized carbons (Fsp3) is 0.500. The van der Waals surface area contributed by atoms with Gasteiger partial charge in [0.05, 0.1) is 0 Å². The smallest absolute Gasteiger partial charge is 0.236 e. The molecule has 0 spiro atoms. The molecule has 0 bridgehead atoms. The second-order valence-electron chi connectivity index (χ2n) is 6.51. The van der Waals surface area contributed by atoms with Crippen molar-refractivity contribution in [2.45, 2.75) is 32.7 Å². The Balaban J connectivity index is 1.61. The van der Waals surface area contributed by atoms with E-state index in [1.54, 1.807) is 14.7 Å². The third-order valence-electron chi connectivity index (χ3n) is 4.86. The number of benzene rings is 1. The van der Waals surface area contributed by atoms with Crippen molar-refractivity contribution in [3.8, 4) is 0 Å². The summed E-state index contributed by atoms with van der Waals surface area (Å²) >= 11 is 0. The molecule has 3 amide bonds. The molecule has 128 valence electrons. The lowest BCUT2D eigenvalue weighted by molar-refractivity contribution is -0.140. The van der Waals surface area contributed by atoms with E-state index in [4.69, 9.17) is 0 Å². The molecule has 0 aliphatic carbocycles. The van der Waals surface area contributed by atoms with Crippen LogP contribution in [0.15, 0.2) is 24.3 Å². The third kappa shape index (κ3) is 3.13. The van der Waals surface area contributed by atoms with Crippen LogP contribution in [0.5, 0.6) is 0 Å². The lowest BCUT2D eigenvalue weighted by Crippen LogP contribution is -2.51. The van der Waals surface area contributed by atoms with Crippen LogP contribution < -0.4 is 4.90 Å². The summed E-state index contributed by atoms with van der Waals surface area (Å²) in [6.07, 6.45) is 0.714. The van der Waals surface area contributed by atoms with E-state index < -0.39 is 0 Å². The molecule has 3 rings (SSSR count). The van der Waals surface area contributed by atoms with E-state index in [0.29, 0.717) is 26.2 Å². The van der Waals surface area contributed by atoms with E-state index in [2.05, 4.69) is 0 Å². The molecule has 24 heavy (non-hydrogen) atoms. The van der Waals surface area contributed by atoms with Crippen LogP contribution in [0.4, 0.5) is 5.69 Å². The van der Waals surface area contributed by atoms with Crippen molar-refractivity contribution in [2.75, 3.05) is 31.1 Å². The number of amides is 3. The van der Waals surface area contributed by atoms with Crippen molar-refractivity contribution in [2.24, 2.45) is 0 Å². The maximum Gasteiger partial charge on any atom is 0.236 e. The maximum atomic E-state index is 12.7. The summed E-state index contributed by atoms with van der Waals surface area (Å²) in [6.45, 7) is 5.62. The van der Waals surface area contributed by atoms with Gasteiger partial charge < -0.3 is 14.7 Å². The Morgan fingerprint density at radius 2 is 1.62 bits per heavy atom. The third-order valence-corrected chi connectivity index (χ3v) is 4.86. The van der Waals surface area contributed by atoms with Gasteiger partial charge in [-0.1, -0.05) is 18.2 Å². The Bertz CT molecular complexity index is 665. The van der Waals surface area contributed by atoms with Crippen LogP contribution in [-0.4, -0.2) is 59.7 Å². The first kappa shape index (κ1) is 16.5. The number of carbonyl (C=O) groups excluding carboxylic acids is 3. The Morgan fingerprint density at radius 3 is 2.29 bits per heavy atom. The van der Waals surface area contributed by atoms with Gasteiger partial charge in [0.15, 0.2) is 0 Å². The van der Waals surface area contributed by atoms with E-state index >= 15 is 0 Å². The van der Waals surface area contributed by atoms with Gasteiger partial charge in [0.25, 0.3) is 0 Å². The summed E-state index contributed by atoms with van der Waals surface area (Å²) in [7, 11) is 0. The zero-order valence-corrected chi connectivity index (χ0v) is 14.2. The standard InChI is InChI=1S/C18H23N3O3/c1-13-11-15-5-3-4-6-16(15)21(13)18(24)12-17(23)20-9-7-19(8-10-20)14(2)22/h3-6,13H,7-12H2,1-2H3. The SMILES string of the molecule is CC(=O)N1CCN(C(=O)CC(=O)N2c3ccccc3CC2C)CC1. The van der Waals surface area contributed by atoms with Crippen molar-refractivity contribution in [3.05, 3.63) is 29.8 Å². The zero-order chi connectivity index (χ0) is 17.3. The minimum Gasteiger partial charge on any atom is -0.339 e. The van der Waals surface area contributed by atoms with Crippen LogP contribution in [0.25, 0.3) is 0 Å². The highest BCUT2D eigenvalue weighted by Crippen LogP contribution is 2.32. The average molecular weight is 329 g/mol. The van der Waals surface area contributed by atoms with Crippen molar-refractivity contribution < 1.29 is 14.4 Å². The number of para-hydroxylation sites is 1. The van der Waals surface area contributed by atoms with Crippen LogP contribution in [-0.2, 0) is 20.8 Å². The molecule has 2 heterocycles. The number of carbonyl (C=O) groups is 3. The lowest BCUT2D eigenvalue weighted by Gasteiger charge is -2.34. The molecule has 1 atom stereocenters. The highest BCUT2D eigenvalue weighted by Gasteiger charge is 2.32. The average Bonchev–Trinajstić information content (AvgIpc) is 2.90. The Morgan fingerprint density at radius 1 is 1.00 bits per heavy atom. The van der Waals surface area contributed by atoms with Crippen molar-refractivity contribution >= 4 is 23.4 Å². The van der Waals surface area contributed by atoms with E-state index in [9.17, 15) is 14.4 Å². The Hall–Kier alpha value is -2.37. The van der Waals surface area contributed by atoms with Crippen molar-refractivity contribution in [1.82, 2.24) is 9.80 Å². The van der Waals surface area contributed by atoms with E-state index in [1.165, 1.54) is 6.92 Å². The summed E-state index contributed by atoms with van der Waals surface area (Å²) in [5.74, 6) is -0.271. The summed E-state index contributed by atoms with van der Waals surface area (Å²) in [6, 6.07) is 7.94. The number of rotatable bonds is 2. The van der Waals surface area contributed by atoms with Crippen molar-refractivity contribution in [1.29, 1.82) is 0 Å². The van der Waals surface area contributed by atoms with Gasteiger partial charge in [-0.2, -0.15) is 0 Å². The first-order valence-corrected chi connectivity index (χ1v) is 8.40. The van der Waals surface area contributed by atoms with Crippen LogP contribution in [0.3, 0.4) is 0 Å². The molecule has 0 radical (unpaired) electrons. The van der Waals surface area contributed by atoms with Gasteiger partial charge in [-0.15, -0.1) is 0 Å². The molecule has 1 aromatic rings. The van der Waals surface area contributed by atoms with Gasteiger partial charge in [0.1, 0.15) is 6.42 Å². The van der Waals surface area contributed by atoms with Gasteiger partial charge >= 0.3 is 0 Å². The molecule has 6 nitrogen and oxygen atoms in total.